The largest absolute Gasteiger partial charge is 0.489 e. The van der Waals surface area contributed by atoms with Crippen LogP contribution in [-0.2, 0) is 13.2 Å². The maximum Gasteiger partial charge on any atom is 0.335 e. The summed E-state index contributed by atoms with van der Waals surface area (Å²) in [6.07, 6.45) is 3.42. The molecule has 0 radical (unpaired) electrons. The summed E-state index contributed by atoms with van der Waals surface area (Å²) in [6, 6.07) is 20.9. The zero-order valence-corrected chi connectivity index (χ0v) is 17.1. The highest BCUT2D eigenvalue weighted by molar-refractivity contribution is 5.98. The second kappa shape index (κ2) is 7.91. The molecule has 1 saturated carbocycles. The summed E-state index contributed by atoms with van der Waals surface area (Å²) in [4.78, 5) is 25.8. The van der Waals surface area contributed by atoms with E-state index in [9.17, 15) is 14.7 Å². The third-order valence-corrected chi connectivity index (χ3v) is 6.20. The van der Waals surface area contributed by atoms with Crippen LogP contribution in [0.2, 0.25) is 0 Å². The number of hydrogen-bond acceptors (Lipinski definition) is 3. The monoisotopic (exact) mass is 413 g/mol. The molecule has 5 heteroatoms. The van der Waals surface area contributed by atoms with Crippen LogP contribution in [0.4, 0.5) is 0 Å². The first-order valence-electron chi connectivity index (χ1n) is 10.6. The number of rotatable bonds is 6. The Morgan fingerprint density at radius 3 is 2.52 bits per heavy atom. The summed E-state index contributed by atoms with van der Waals surface area (Å²) in [5, 5.41) is 9.22. The lowest BCUT2D eigenvalue weighted by Gasteiger charge is -2.34. The van der Waals surface area contributed by atoms with Crippen molar-refractivity contribution in [2.45, 2.75) is 38.5 Å². The van der Waals surface area contributed by atoms with Crippen LogP contribution in [0, 0.1) is 0 Å². The van der Waals surface area contributed by atoms with E-state index in [1.807, 2.05) is 53.4 Å². The maximum absolute atomic E-state index is 12.6. The van der Waals surface area contributed by atoms with Crippen molar-refractivity contribution in [3.63, 3.8) is 0 Å². The smallest absolute Gasteiger partial charge is 0.335 e. The number of carbonyl (C=O) groups excluding carboxylic acids is 1. The minimum atomic E-state index is -0.938. The van der Waals surface area contributed by atoms with Crippen molar-refractivity contribution in [1.29, 1.82) is 0 Å². The van der Waals surface area contributed by atoms with Crippen LogP contribution in [-0.4, -0.2) is 27.9 Å². The van der Waals surface area contributed by atoms with E-state index in [0.717, 1.165) is 46.4 Å². The van der Waals surface area contributed by atoms with E-state index in [0.29, 0.717) is 19.2 Å². The summed E-state index contributed by atoms with van der Waals surface area (Å²) in [6.45, 7) is 1.07. The number of benzene rings is 3. The van der Waals surface area contributed by atoms with Crippen molar-refractivity contribution in [2.24, 2.45) is 0 Å². The molecule has 31 heavy (non-hydrogen) atoms. The topological polar surface area (TPSA) is 66.8 Å². The van der Waals surface area contributed by atoms with E-state index in [2.05, 4.69) is 0 Å². The molecule has 5 nitrogen and oxygen atoms in total. The molecule has 1 N–H and O–H groups in total. The zero-order valence-electron chi connectivity index (χ0n) is 17.1. The second-order valence-corrected chi connectivity index (χ2v) is 8.21. The van der Waals surface area contributed by atoms with E-state index in [-0.39, 0.29) is 11.5 Å². The number of nitrogens with zero attached hydrogens (tertiary/aromatic N) is 1. The molecule has 0 atom stereocenters. The summed E-state index contributed by atoms with van der Waals surface area (Å²) < 4.78 is 6.02. The molecule has 156 valence electrons. The van der Waals surface area contributed by atoms with Gasteiger partial charge in [-0.2, -0.15) is 0 Å². The van der Waals surface area contributed by atoms with Gasteiger partial charge < -0.3 is 14.7 Å². The first kappa shape index (κ1) is 19.4. The van der Waals surface area contributed by atoms with E-state index in [1.165, 1.54) is 6.42 Å². The van der Waals surface area contributed by atoms with Gasteiger partial charge in [-0.25, -0.2) is 4.79 Å². The van der Waals surface area contributed by atoms with Crippen molar-refractivity contribution in [1.82, 2.24) is 4.90 Å². The molecule has 0 saturated heterocycles. The van der Waals surface area contributed by atoms with Crippen molar-refractivity contribution in [3.8, 4) is 16.9 Å². The maximum atomic E-state index is 12.6. The summed E-state index contributed by atoms with van der Waals surface area (Å²) in [5.41, 5.74) is 4.88. The molecule has 3 aromatic carbocycles. The minimum Gasteiger partial charge on any atom is -0.489 e. The Labute approximate surface area is 180 Å². The molecular weight excluding hydrogens is 390 g/mol. The Morgan fingerprint density at radius 2 is 1.77 bits per heavy atom. The summed E-state index contributed by atoms with van der Waals surface area (Å²) >= 11 is 0. The standard InChI is InChI=1S/C26H23NO4/c28-25-24-11-10-23(14-21(24)15-27(25)22-8-3-9-22)31-16-17-4-1-5-18(12-17)19-6-2-7-20(13-19)26(29)30/h1-2,4-7,10-14,22H,3,8-9,15-16H2,(H,29,30). The van der Waals surface area contributed by atoms with Crippen molar-refractivity contribution >= 4 is 11.9 Å². The molecule has 2 aliphatic rings. The quantitative estimate of drug-likeness (QED) is 0.608. The Kier molecular flexibility index (Phi) is 4.94. The van der Waals surface area contributed by atoms with Crippen LogP contribution in [0.5, 0.6) is 5.75 Å². The van der Waals surface area contributed by atoms with Gasteiger partial charge in [-0.15, -0.1) is 0 Å². The highest BCUT2D eigenvalue weighted by atomic mass is 16.5. The second-order valence-electron chi connectivity index (χ2n) is 8.21. The average molecular weight is 413 g/mol. The van der Waals surface area contributed by atoms with E-state index in [1.54, 1.807) is 18.2 Å². The fourth-order valence-corrected chi connectivity index (χ4v) is 4.24. The molecule has 1 amide bonds. The van der Waals surface area contributed by atoms with Gasteiger partial charge in [-0.1, -0.05) is 30.3 Å². The van der Waals surface area contributed by atoms with E-state index in [4.69, 9.17) is 4.74 Å². The van der Waals surface area contributed by atoms with Gasteiger partial charge in [0.05, 0.1) is 5.56 Å². The number of carbonyl (C=O) groups is 2. The van der Waals surface area contributed by atoms with Crippen LogP contribution < -0.4 is 4.74 Å². The zero-order chi connectivity index (χ0) is 21.4. The van der Waals surface area contributed by atoms with Crippen LogP contribution in [0.1, 0.15) is 51.1 Å². The number of hydrogen-bond donors (Lipinski definition) is 1. The van der Waals surface area contributed by atoms with Gasteiger partial charge >= 0.3 is 5.97 Å². The molecule has 0 bridgehead atoms. The van der Waals surface area contributed by atoms with Gasteiger partial charge in [0.25, 0.3) is 5.91 Å². The van der Waals surface area contributed by atoms with E-state index >= 15 is 0 Å². The number of carboxylic acid groups (broad SMARTS) is 1. The number of carboxylic acids is 1. The Morgan fingerprint density at radius 1 is 1.00 bits per heavy atom. The number of fused-ring (bicyclic) bond motifs is 1. The van der Waals surface area contributed by atoms with Gasteiger partial charge in [0.15, 0.2) is 0 Å². The Bertz CT molecular complexity index is 1170. The highest BCUT2D eigenvalue weighted by Gasteiger charge is 2.35. The predicted molar refractivity (Wildman–Crippen MR) is 117 cm³/mol. The van der Waals surface area contributed by atoms with Crippen molar-refractivity contribution < 1.29 is 19.4 Å². The normalized spacial score (nSPS) is 15.5. The molecular formula is C26H23NO4. The first-order valence-corrected chi connectivity index (χ1v) is 10.6. The summed E-state index contributed by atoms with van der Waals surface area (Å²) in [7, 11) is 0. The van der Waals surface area contributed by atoms with Gasteiger partial charge in [0, 0.05) is 18.2 Å². The minimum absolute atomic E-state index is 0.141. The van der Waals surface area contributed by atoms with Crippen LogP contribution >= 0.6 is 0 Å². The van der Waals surface area contributed by atoms with Gasteiger partial charge in [0.2, 0.25) is 0 Å². The van der Waals surface area contributed by atoms with Crippen molar-refractivity contribution in [2.75, 3.05) is 0 Å². The van der Waals surface area contributed by atoms with Gasteiger partial charge in [-0.05, 0) is 77.9 Å². The number of amides is 1. The average Bonchev–Trinajstić information content (AvgIpc) is 3.07. The lowest BCUT2D eigenvalue weighted by molar-refractivity contribution is 0.0605. The molecule has 5 rings (SSSR count). The molecule has 1 heterocycles. The molecule has 1 fully saturated rings. The van der Waals surface area contributed by atoms with Crippen LogP contribution in [0.25, 0.3) is 11.1 Å². The molecule has 0 spiro atoms. The molecule has 0 aromatic heterocycles. The van der Waals surface area contributed by atoms with Gasteiger partial charge in [0.1, 0.15) is 12.4 Å². The molecule has 3 aromatic rings. The molecule has 0 unspecified atom stereocenters. The number of ether oxygens (including phenoxy) is 1. The lowest BCUT2D eigenvalue weighted by atomic mass is 9.92. The molecule has 1 aliphatic carbocycles. The van der Waals surface area contributed by atoms with Crippen LogP contribution in [0.15, 0.2) is 66.7 Å². The Hall–Kier alpha value is -3.60. The van der Waals surface area contributed by atoms with Gasteiger partial charge in [-0.3, -0.25) is 4.79 Å². The summed E-state index contributed by atoms with van der Waals surface area (Å²) in [5.74, 6) is -0.0462. The predicted octanol–water partition coefficient (Wildman–Crippen LogP) is 5.14. The first-order chi connectivity index (χ1) is 15.1. The fourth-order valence-electron chi connectivity index (χ4n) is 4.24. The van der Waals surface area contributed by atoms with Crippen molar-refractivity contribution in [3.05, 3.63) is 89.0 Å². The van der Waals surface area contributed by atoms with Crippen LogP contribution in [0.3, 0.4) is 0 Å². The lowest BCUT2D eigenvalue weighted by Crippen LogP contribution is -2.40. The SMILES string of the molecule is O=C(O)c1cccc(-c2cccc(COc3ccc4c(c3)CN(C3CCC3)C4=O)c2)c1. The third-order valence-electron chi connectivity index (χ3n) is 6.20. The fraction of sp³-hybridized carbons (Fsp3) is 0.231. The molecule has 1 aliphatic heterocycles. The number of aromatic carboxylic acids is 1. The highest BCUT2D eigenvalue weighted by Crippen LogP contribution is 2.34. The van der Waals surface area contributed by atoms with E-state index < -0.39 is 5.97 Å². The Balaban J connectivity index is 1.29. The third kappa shape index (κ3) is 3.79.